The van der Waals surface area contributed by atoms with E-state index in [4.69, 9.17) is 9.47 Å². The van der Waals surface area contributed by atoms with E-state index in [0.717, 1.165) is 24.9 Å². The molecule has 2 aromatic rings. The summed E-state index contributed by atoms with van der Waals surface area (Å²) in [4.78, 5) is 14.1. The number of aromatic hydroxyl groups is 1. The molecule has 1 unspecified atom stereocenters. The molecule has 27 heavy (non-hydrogen) atoms. The van der Waals surface area contributed by atoms with Crippen LogP contribution in [0.1, 0.15) is 41.3 Å². The SMILES string of the molecule is CCCC[NH+](C)Cc1c(O)ccc2c1OC(=Cc1ccccc1OC)C2=O. The maximum absolute atomic E-state index is 12.8. The van der Waals surface area contributed by atoms with Gasteiger partial charge in [-0.3, -0.25) is 4.79 Å². The fourth-order valence-electron chi connectivity index (χ4n) is 3.26. The summed E-state index contributed by atoms with van der Waals surface area (Å²) in [6.07, 6.45) is 3.92. The summed E-state index contributed by atoms with van der Waals surface area (Å²) < 4.78 is 11.3. The van der Waals surface area contributed by atoms with Crippen molar-refractivity contribution in [2.24, 2.45) is 0 Å². The highest BCUT2D eigenvalue weighted by Gasteiger charge is 2.32. The van der Waals surface area contributed by atoms with Crippen molar-refractivity contribution in [3.8, 4) is 17.2 Å². The number of phenolic OH excluding ortho intramolecular Hbond substituents is 1. The number of methoxy groups -OCH3 is 1. The highest BCUT2D eigenvalue weighted by atomic mass is 16.5. The summed E-state index contributed by atoms with van der Waals surface area (Å²) in [7, 11) is 3.67. The number of nitrogens with one attached hydrogen (secondary N) is 1. The lowest BCUT2D eigenvalue weighted by Crippen LogP contribution is -3.07. The minimum Gasteiger partial charge on any atom is -0.507 e. The van der Waals surface area contributed by atoms with Crippen LogP contribution in [0.3, 0.4) is 0 Å². The number of rotatable bonds is 7. The molecular formula is C22H26NO4+. The maximum Gasteiger partial charge on any atom is 0.231 e. The summed E-state index contributed by atoms with van der Waals surface area (Å²) in [6, 6.07) is 10.7. The van der Waals surface area contributed by atoms with E-state index >= 15 is 0 Å². The van der Waals surface area contributed by atoms with Crippen molar-refractivity contribution >= 4 is 11.9 Å². The average Bonchev–Trinajstić information content (AvgIpc) is 2.99. The Hall–Kier alpha value is -2.79. The van der Waals surface area contributed by atoms with Gasteiger partial charge in [-0.05, 0) is 30.7 Å². The first-order valence-electron chi connectivity index (χ1n) is 9.28. The zero-order chi connectivity index (χ0) is 19.4. The number of fused-ring (bicyclic) bond motifs is 1. The second-order valence-corrected chi connectivity index (χ2v) is 6.86. The minimum absolute atomic E-state index is 0.163. The standard InChI is InChI=1S/C22H25NO4/c1-4-5-12-23(2)14-17-18(24)11-10-16-21(25)20(27-22(16)17)13-15-8-6-7-9-19(15)26-3/h6-11,13,24H,4-5,12,14H2,1-3H3/p+1. The number of ketones is 1. The molecule has 0 amide bonds. The molecule has 0 bridgehead atoms. The van der Waals surface area contributed by atoms with Gasteiger partial charge in [-0.25, -0.2) is 0 Å². The lowest BCUT2D eigenvalue weighted by atomic mass is 10.0. The molecule has 3 rings (SSSR count). The fraction of sp³-hybridized carbons (Fsp3) is 0.318. The monoisotopic (exact) mass is 368 g/mol. The summed E-state index contributed by atoms with van der Waals surface area (Å²) in [5.41, 5.74) is 1.94. The molecule has 0 aliphatic carbocycles. The van der Waals surface area contributed by atoms with Crippen molar-refractivity contribution in [1.82, 2.24) is 0 Å². The van der Waals surface area contributed by atoms with Gasteiger partial charge in [-0.2, -0.15) is 0 Å². The van der Waals surface area contributed by atoms with Crippen LogP contribution in [0.4, 0.5) is 0 Å². The third-order valence-electron chi connectivity index (χ3n) is 4.78. The average molecular weight is 368 g/mol. The highest BCUT2D eigenvalue weighted by Crippen LogP contribution is 2.39. The van der Waals surface area contributed by atoms with Crippen molar-refractivity contribution < 1.29 is 24.3 Å². The third-order valence-corrected chi connectivity index (χ3v) is 4.78. The predicted octanol–water partition coefficient (Wildman–Crippen LogP) is 2.83. The molecule has 5 nitrogen and oxygen atoms in total. The van der Waals surface area contributed by atoms with Gasteiger partial charge >= 0.3 is 0 Å². The Kier molecular flexibility index (Phi) is 5.81. The first-order valence-corrected chi connectivity index (χ1v) is 9.28. The molecule has 1 aliphatic rings. The van der Waals surface area contributed by atoms with Gasteiger partial charge in [0.25, 0.3) is 0 Å². The lowest BCUT2D eigenvalue weighted by molar-refractivity contribution is -0.894. The second kappa shape index (κ2) is 8.27. The smallest absolute Gasteiger partial charge is 0.231 e. The van der Waals surface area contributed by atoms with Gasteiger partial charge in [0.05, 0.1) is 31.8 Å². The summed E-state index contributed by atoms with van der Waals surface area (Å²) in [6.45, 7) is 3.75. The van der Waals surface area contributed by atoms with E-state index in [1.165, 1.54) is 4.90 Å². The summed E-state index contributed by atoms with van der Waals surface area (Å²) >= 11 is 0. The van der Waals surface area contributed by atoms with Crippen LogP contribution < -0.4 is 14.4 Å². The van der Waals surface area contributed by atoms with Crippen LogP contribution in [-0.2, 0) is 6.54 Å². The number of carbonyl (C=O) groups is 1. The van der Waals surface area contributed by atoms with Gasteiger partial charge in [0.2, 0.25) is 5.78 Å². The first kappa shape index (κ1) is 19.0. The molecule has 1 heterocycles. The molecule has 0 radical (unpaired) electrons. The maximum atomic E-state index is 12.8. The number of Topliss-reactive ketones (excluding diaryl/α,β-unsaturated/α-hetero) is 1. The second-order valence-electron chi connectivity index (χ2n) is 6.86. The summed E-state index contributed by atoms with van der Waals surface area (Å²) in [5, 5.41) is 10.3. The number of carbonyl (C=O) groups excluding carboxylic acids is 1. The third kappa shape index (κ3) is 3.98. The number of unbranched alkanes of at least 4 members (excludes halogenated alkanes) is 1. The zero-order valence-corrected chi connectivity index (χ0v) is 16.0. The first-order chi connectivity index (χ1) is 13.0. The number of hydrogen-bond donors (Lipinski definition) is 2. The zero-order valence-electron chi connectivity index (χ0n) is 16.0. The molecule has 1 aliphatic heterocycles. The molecule has 142 valence electrons. The number of quaternary nitrogens is 1. The van der Waals surface area contributed by atoms with E-state index in [1.54, 1.807) is 25.3 Å². The predicted molar refractivity (Wildman–Crippen MR) is 104 cm³/mol. The number of hydrogen-bond acceptors (Lipinski definition) is 4. The normalized spacial score (nSPS) is 15.5. The van der Waals surface area contributed by atoms with E-state index in [1.807, 2.05) is 24.3 Å². The molecule has 5 heteroatoms. The lowest BCUT2D eigenvalue weighted by Gasteiger charge is -2.16. The fourth-order valence-corrected chi connectivity index (χ4v) is 3.26. The molecular weight excluding hydrogens is 342 g/mol. The number of para-hydroxylation sites is 1. The Morgan fingerprint density at radius 2 is 2.00 bits per heavy atom. The van der Waals surface area contributed by atoms with Gasteiger partial charge in [-0.1, -0.05) is 31.5 Å². The highest BCUT2D eigenvalue weighted by molar-refractivity contribution is 6.15. The van der Waals surface area contributed by atoms with Gasteiger partial charge in [0.15, 0.2) is 11.5 Å². The van der Waals surface area contributed by atoms with Crippen LogP contribution in [0.15, 0.2) is 42.2 Å². The Balaban J connectivity index is 1.92. The largest absolute Gasteiger partial charge is 0.507 e. The van der Waals surface area contributed by atoms with Crippen LogP contribution >= 0.6 is 0 Å². The number of benzene rings is 2. The van der Waals surface area contributed by atoms with Crippen molar-refractivity contribution in [2.45, 2.75) is 26.3 Å². The van der Waals surface area contributed by atoms with E-state index < -0.39 is 0 Å². The molecule has 0 spiro atoms. The molecule has 0 saturated carbocycles. The molecule has 0 fully saturated rings. The molecule has 0 aromatic heterocycles. The Labute approximate surface area is 159 Å². The van der Waals surface area contributed by atoms with Crippen molar-refractivity contribution in [3.05, 3.63) is 58.8 Å². The molecule has 0 saturated heterocycles. The topological polar surface area (TPSA) is 60.2 Å². The van der Waals surface area contributed by atoms with Gasteiger partial charge in [-0.15, -0.1) is 0 Å². The minimum atomic E-state index is -0.177. The van der Waals surface area contributed by atoms with Crippen LogP contribution in [0, 0.1) is 0 Å². The van der Waals surface area contributed by atoms with Crippen molar-refractivity contribution in [3.63, 3.8) is 0 Å². The van der Waals surface area contributed by atoms with Crippen LogP contribution in [0.25, 0.3) is 6.08 Å². The van der Waals surface area contributed by atoms with Crippen LogP contribution in [0.2, 0.25) is 0 Å². The molecule has 1 atom stereocenters. The summed E-state index contributed by atoms with van der Waals surface area (Å²) in [5.74, 6) is 1.37. The Morgan fingerprint density at radius 1 is 1.22 bits per heavy atom. The number of phenols is 1. The quantitative estimate of drug-likeness (QED) is 0.738. The van der Waals surface area contributed by atoms with E-state index in [9.17, 15) is 9.90 Å². The molecule has 2 N–H and O–H groups in total. The molecule has 2 aromatic carbocycles. The van der Waals surface area contributed by atoms with Crippen molar-refractivity contribution in [2.75, 3.05) is 20.7 Å². The van der Waals surface area contributed by atoms with Crippen LogP contribution in [0.5, 0.6) is 17.2 Å². The number of allylic oxidation sites excluding steroid dienone is 1. The van der Waals surface area contributed by atoms with Crippen LogP contribution in [-0.4, -0.2) is 31.6 Å². The van der Waals surface area contributed by atoms with Crippen molar-refractivity contribution in [1.29, 1.82) is 0 Å². The number of ether oxygens (including phenoxy) is 2. The Bertz CT molecular complexity index is 873. The van der Waals surface area contributed by atoms with E-state index in [-0.39, 0.29) is 17.3 Å². The Morgan fingerprint density at radius 3 is 2.74 bits per heavy atom. The van der Waals surface area contributed by atoms with E-state index in [0.29, 0.717) is 29.2 Å². The van der Waals surface area contributed by atoms with Gasteiger partial charge in [0.1, 0.15) is 18.0 Å². The van der Waals surface area contributed by atoms with Gasteiger partial charge < -0.3 is 19.5 Å². The van der Waals surface area contributed by atoms with Gasteiger partial charge in [0, 0.05) is 5.56 Å². The van der Waals surface area contributed by atoms with E-state index in [2.05, 4.69) is 14.0 Å².